The lowest BCUT2D eigenvalue weighted by Gasteiger charge is -2.02. The van der Waals surface area contributed by atoms with E-state index in [0.717, 1.165) is 4.90 Å². The summed E-state index contributed by atoms with van der Waals surface area (Å²) < 4.78 is 4.79. The highest BCUT2D eigenvalue weighted by atomic mass is 35.5. The fourth-order valence-electron chi connectivity index (χ4n) is 1.24. The predicted molar refractivity (Wildman–Crippen MR) is 73.7 cm³/mol. The van der Waals surface area contributed by atoms with E-state index in [1.807, 2.05) is 12.1 Å². The number of anilines is 1. The number of nitrogens with one attached hydrogen (secondary N) is 2. The van der Waals surface area contributed by atoms with E-state index in [1.54, 1.807) is 12.1 Å². The quantitative estimate of drug-likeness (QED) is 0.827. The SMILES string of the molecule is COc1n[nH]c(NC(=O)CSc2ccc(Cl)cc2)n1. The smallest absolute Gasteiger partial charge is 0.336 e. The maximum atomic E-state index is 11.7. The molecule has 0 fully saturated rings. The maximum absolute atomic E-state index is 11.7. The predicted octanol–water partition coefficient (Wildman–Crippen LogP) is 2.20. The second kappa shape index (κ2) is 6.44. The molecule has 0 aliphatic heterocycles. The number of ether oxygens (including phenoxy) is 1. The van der Waals surface area contributed by atoms with Crippen molar-refractivity contribution >= 4 is 35.2 Å². The highest BCUT2D eigenvalue weighted by Crippen LogP contribution is 2.20. The summed E-state index contributed by atoms with van der Waals surface area (Å²) >= 11 is 7.18. The van der Waals surface area contributed by atoms with Crippen LogP contribution >= 0.6 is 23.4 Å². The van der Waals surface area contributed by atoms with Crippen LogP contribution in [0.3, 0.4) is 0 Å². The Labute approximate surface area is 118 Å². The van der Waals surface area contributed by atoms with Gasteiger partial charge < -0.3 is 4.74 Å². The van der Waals surface area contributed by atoms with Gasteiger partial charge in [0, 0.05) is 9.92 Å². The molecule has 1 aromatic heterocycles. The molecule has 1 heterocycles. The first-order valence-electron chi connectivity index (χ1n) is 5.32. The Morgan fingerprint density at radius 3 is 2.84 bits per heavy atom. The molecule has 0 unspecified atom stereocenters. The molecule has 6 nitrogen and oxygen atoms in total. The molecule has 2 aromatic rings. The summed E-state index contributed by atoms with van der Waals surface area (Å²) in [6.07, 6.45) is 0. The number of amides is 1. The molecule has 2 N–H and O–H groups in total. The van der Waals surface area contributed by atoms with Gasteiger partial charge in [0.15, 0.2) is 0 Å². The summed E-state index contributed by atoms with van der Waals surface area (Å²) in [6.45, 7) is 0. The van der Waals surface area contributed by atoms with E-state index >= 15 is 0 Å². The lowest BCUT2D eigenvalue weighted by atomic mass is 10.4. The van der Waals surface area contributed by atoms with Crippen molar-refractivity contribution in [3.8, 4) is 6.01 Å². The van der Waals surface area contributed by atoms with Gasteiger partial charge in [-0.15, -0.1) is 16.9 Å². The first-order chi connectivity index (χ1) is 9.17. The van der Waals surface area contributed by atoms with E-state index in [1.165, 1.54) is 18.9 Å². The number of hydrogen-bond donors (Lipinski definition) is 2. The van der Waals surface area contributed by atoms with E-state index in [-0.39, 0.29) is 23.6 Å². The number of halogens is 1. The lowest BCUT2D eigenvalue weighted by molar-refractivity contribution is -0.113. The van der Waals surface area contributed by atoms with Gasteiger partial charge in [-0.1, -0.05) is 11.6 Å². The Bertz CT molecular complexity index is 558. The average molecular weight is 299 g/mol. The number of carbonyl (C=O) groups excluding carboxylic acids is 1. The number of H-pyrrole nitrogens is 1. The van der Waals surface area contributed by atoms with Crippen molar-refractivity contribution in [2.75, 3.05) is 18.2 Å². The minimum absolute atomic E-state index is 0.181. The molecule has 0 spiro atoms. The highest BCUT2D eigenvalue weighted by molar-refractivity contribution is 8.00. The number of carbonyl (C=O) groups is 1. The number of benzene rings is 1. The van der Waals surface area contributed by atoms with Gasteiger partial charge in [0.05, 0.1) is 12.9 Å². The first kappa shape index (κ1) is 13.7. The van der Waals surface area contributed by atoms with E-state index in [2.05, 4.69) is 20.5 Å². The summed E-state index contributed by atoms with van der Waals surface area (Å²) in [7, 11) is 1.45. The molecule has 19 heavy (non-hydrogen) atoms. The van der Waals surface area contributed by atoms with Gasteiger partial charge in [-0.05, 0) is 24.3 Å². The van der Waals surface area contributed by atoms with Crippen molar-refractivity contribution in [3.05, 3.63) is 29.3 Å². The molecular formula is C11H11ClN4O2S. The van der Waals surface area contributed by atoms with Crippen molar-refractivity contribution in [2.45, 2.75) is 4.90 Å². The van der Waals surface area contributed by atoms with E-state index in [0.29, 0.717) is 5.02 Å². The van der Waals surface area contributed by atoms with Crippen LogP contribution < -0.4 is 10.1 Å². The zero-order valence-corrected chi connectivity index (χ0v) is 11.6. The number of rotatable bonds is 5. The van der Waals surface area contributed by atoms with Gasteiger partial charge in [0.25, 0.3) is 0 Å². The Kier molecular flexibility index (Phi) is 4.64. The molecule has 100 valence electrons. The summed E-state index contributed by atoms with van der Waals surface area (Å²) in [5.74, 6) is 0.349. The van der Waals surface area contributed by atoms with Crippen molar-refractivity contribution in [2.24, 2.45) is 0 Å². The molecule has 0 atom stereocenters. The second-order valence-electron chi connectivity index (χ2n) is 3.46. The van der Waals surface area contributed by atoms with Crippen LogP contribution in [0.5, 0.6) is 6.01 Å². The Morgan fingerprint density at radius 1 is 1.47 bits per heavy atom. The third kappa shape index (κ3) is 4.15. The van der Waals surface area contributed by atoms with Gasteiger partial charge in [-0.25, -0.2) is 5.10 Å². The number of nitrogens with zero attached hydrogens (tertiary/aromatic N) is 2. The third-order valence-corrected chi connectivity index (χ3v) is 3.35. The number of thioether (sulfide) groups is 1. The maximum Gasteiger partial charge on any atom is 0.336 e. The number of aromatic nitrogens is 3. The van der Waals surface area contributed by atoms with Crippen molar-refractivity contribution in [1.82, 2.24) is 15.2 Å². The zero-order chi connectivity index (χ0) is 13.7. The van der Waals surface area contributed by atoms with Crippen LogP contribution in [0, 0.1) is 0 Å². The topological polar surface area (TPSA) is 79.9 Å². The van der Waals surface area contributed by atoms with Crippen molar-refractivity contribution in [1.29, 1.82) is 0 Å². The second-order valence-corrected chi connectivity index (χ2v) is 4.95. The van der Waals surface area contributed by atoms with Crippen LogP contribution in [-0.4, -0.2) is 34.0 Å². The van der Waals surface area contributed by atoms with Crippen LogP contribution in [-0.2, 0) is 4.79 Å². The number of aromatic amines is 1. The van der Waals surface area contributed by atoms with Crippen LogP contribution in [0.4, 0.5) is 5.95 Å². The van der Waals surface area contributed by atoms with Crippen molar-refractivity contribution in [3.63, 3.8) is 0 Å². The molecule has 1 amide bonds. The number of methoxy groups -OCH3 is 1. The molecule has 2 rings (SSSR count). The van der Waals surface area contributed by atoms with Gasteiger partial charge in [0.1, 0.15) is 0 Å². The minimum Gasteiger partial charge on any atom is -0.466 e. The summed E-state index contributed by atoms with van der Waals surface area (Å²) in [4.78, 5) is 16.5. The molecule has 0 saturated carbocycles. The summed E-state index contributed by atoms with van der Waals surface area (Å²) in [6, 6.07) is 7.46. The fourth-order valence-corrected chi connectivity index (χ4v) is 2.07. The molecule has 1 aromatic carbocycles. The molecule has 0 radical (unpaired) electrons. The normalized spacial score (nSPS) is 10.2. The first-order valence-corrected chi connectivity index (χ1v) is 6.68. The lowest BCUT2D eigenvalue weighted by Crippen LogP contribution is -2.15. The molecule has 0 aliphatic carbocycles. The Hall–Kier alpha value is -1.73. The molecule has 0 bridgehead atoms. The highest BCUT2D eigenvalue weighted by Gasteiger charge is 2.07. The van der Waals surface area contributed by atoms with Crippen molar-refractivity contribution < 1.29 is 9.53 Å². The minimum atomic E-state index is -0.182. The Morgan fingerprint density at radius 2 is 2.21 bits per heavy atom. The molecule has 8 heteroatoms. The van der Waals surface area contributed by atoms with Crippen LogP contribution in [0.15, 0.2) is 29.2 Å². The summed E-state index contributed by atoms with van der Waals surface area (Å²) in [5, 5.41) is 9.52. The zero-order valence-electron chi connectivity index (χ0n) is 10.0. The monoisotopic (exact) mass is 298 g/mol. The van der Waals surface area contributed by atoms with Crippen LogP contribution in [0.1, 0.15) is 0 Å². The third-order valence-electron chi connectivity index (χ3n) is 2.09. The molecule has 0 saturated heterocycles. The fraction of sp³-hybridized carbons (Fsp3) is 0.182. The van der Waals surface area contributed by atoms with E-state index in [9.17, 15) is 4.79 Å². The van der Waals surface area contributed by atoms with E-state index in [4.69, 9.17) is 16.3 Å². The standard InChI is InChI=1S/C11H11ClN4O2S/c1-18-11-14-10(15-16-11)13-9(17)6-19-8-4-2-7(12)3-5-8/h2-5H,6H2,1H3,(H2,13,14,15,16,17). The van der Waals surface area contributed by atoms with Gasteiger partial charge >= 0.3 is 6.01 Å². The molecule has 0 aliphatic rings. The van der Waals surface area contributed by atoms with Crippen LogP contribution in [0.2, 0.25) is 5.02 Å². The van der Waals surface area contributed by atoms with Gasteiger partial charge in [0.2, 0.25) is 11.9 Å². The van der Waals surface area contributed by atoms with Gasteiger partial charge in [-0.2, -0.15) is 4.98 Å². The number of hydrogen-bond acceptors (Lipinski definition) is 5. The largest absolute Gasteiger partial charge is 0.466 e. The van der Waals surface area contributed by atoms with E-state index < -0.39 is 0 Å². The summed E-state index contributed by atoms with van der Waals surface area (Å²) in [5.41, 5.74) is 0. The average Bonchev–Trinajstić information content (AvgIpc) is 2.86. The molecular weight excluding hydrogens is 288 g/mol. The van der Waals surface area contributed by atoms with Crippen LogP contribution in [0.25, 0.3) is 0 Å². The Balaban J connectivity index is 1.82. The van der Waals surface area contributed by atoms with Gasteiger partial charge in [-0.3, -0.25) is 10.1 Å².